The first kappa shape index (κ1) is 27.4. The van der Waals surface area contributed by atoms with Crippen molar-refractivity contribution < 1.29 is 34.2 Å². The number of rotatable bonds is 12. The fraction of sp³-hybridized carbons (Fsp3) is 0.476. The highest BCUT2D eigenvalue weighted by Crippen LogP contribution is 2.11. The van der Waals surface area contributed by atoms with E-state index in [4.69, 9.17) is 11.5 Å². The van der Waals surface area contributed by atoms with Gasteiger partial charge in [0, 0.05) is 0 Å². The molecule has 4 amide bonds. The maximum Gasteiger partial charge on any atom is 0.326 e. The van der Waals surface area contributed by atoms with Crippen LogP contribution < -0.4 is 27.4 Å². The van der Waals surface area contributed by atoms with Crippen molar-refractivity contribution in [1.29, 1.82) is 0 Å². The SMILES string of the molecule is CC(NC(=O)C(N)Cc1ccc(O)cc1)C(=O)NC(CC(N)=O)C(=O)NC(C(=O)O)C(C)C. The van der Waals surface area contributed by atoms with E-state index in [2.05, 4.69) is 16.0 Å². The van der Waals surface area contributed by atoms with E-state index < -0.39 is 66.1 Å². The molecule has 1 rings (SSSR count). The van der Waals surface area contributed by atoms with Crippen LogP contribution in [0.15, 0.2) is 24.3 Å². The Hall–Kier alpha value is -3.67. The molecule has 0 heterocycles. The molecule has 12 nitrogen and oxygen atoms in total. The summed E-state index contributed by atoms with van der Waals surface area (Å²) in [6.07, 6.45) is -0.415. The van der Waals surface area contributed by atoms with Crippen LogP contribution in [0.5, 0.6) is 5.75 Å². The molecule has 0 aliphatic rings. The summed E-state index contributed by atoms with van der Waals surface area (Å²) in [5.74, 6) is -4.87. The van der Waals surface area contributed by atoms with Crippen molar-refractivity contribution >= 4 is 29.6 Å². The largest absolute Gasteiger partial charge is 0.508 e. The Morgan fingerprint density at radius 3 is 1.97 bits per heavy atom. The zero-order chi connectivity index (χ0) is 25.3. The molecule has 12 heteroatoms. The first-order chi connectivity index (χ1) is 15.3. The van der Waals surface area contributed by atoms with E-state index in [1.165, 1.54) is 19.1 Å². The summed E-state index contributed by atoms with van der Waals surface area (Å²) in [4.78, 5) is 60.0. The monoisotopic (exact) mass is 465 g/mol. The quantitative estimate of drug-likeness (QED) is 0.189. The lowest BCUT2D eigenvalue weighted by Gasteiger charge is -2.24. The molecule has 1 aromatic rings. The van der Waals surface area contributed by atoms with Gasteiger partial charge in [0.15, 0.2) is 0 Å². The van der Waals surface area contributed by atoms with Crippen LogP contribution >= 0.6 is 0 Å². The Kier molecular flexibility index (Phi) is 10.3. The van der Waals surface area contributed by atoms with Crippen molar-refractivity contribution in [2.75, 3.05) is 0 Å². The molecule has 1 aromatic carbocycles. The normalized spacial score (nSPS) is 14.5. The maximum absolute atomic E-state index is 12.5. The summed E-state index contributed by atoms with van der Waals surface area (Å²) in [6, 6.07) is 1.34. The van der Waals surface area contributed by atoms with Crippen LogP contribution in [0.2, 0.25) is 0 Å². The molecule has 33 heavy (non-hydrogen) atoms. The second-order valence-electron chi connectivity index (χ2n) is 8.01. The molecule has 0 bridgehead atoms. The lowest BCUT2D eigenvalue weighted by Crippen LogP contribution is -2.57. The minimum atomic E-state index is -1.43. The van der Waals surface area contributed by atoms with Crippen molar-refractivity contribution in [3.8, 4) is 5.75 Å². The van der Waals surface area contributed by atoms with Gasteiger partial charge in [-0.05, 0) is 37.0 Å². The van der Waals surface area contributed by atoms with Gasteiger partial charge in [-0.1, -0.05) is 26.0 Å². The Labute approximate surface area is 191 Å². The third kappa shape index (κ3) is 9.15. The van der Waals surface area contributed by atoms with Crippen molar-refractivity contribution in [1.82, 2.24) is 16.0 Å². The summed E-state index contributed by atoms with van der Waals surface area (Å²) in [6.45, 7) is 4.52. The molecule has 4 unspecified atom stereocenters. The third-order valence-corrected chi connectivity index (χ3v) is 4.75. The Morgan fingerprint density at radius 1 is 0.909 bits per heavy atom. The highest BCUT2D eigenvalue weighted by Gasteiger charge is 2.31. The number of amides is 4. The number of aromatic hydroxyl groups is 1. The third-order valence-electron chi connectivity index (χ3n) is 4.75. The Balaban J connectivity index is 2.76. The van der Waals surface area contributed by atoms with Crippen molar-refractivity contribution in [2.24, 2.45) is 17.4 Å². The second-order valence-corrected chi connectivity index (χ2v) is 8.01. The molecule has 0 aromatic heterocycles. The van der Waals surface area contributed by atoms with Crippen LogP contribution in [0.1, 0.15) is 32.8 Å². The zero-order valence-electron chi connectivity index (χ0n) is 18.7. The van der Waals surface area contributed by atoms with E-state index >= 15 is 0 Å². The number of phenolic OH excluding ortho intramolecular Hbond substituents is 1. The van der Waals surface area contributed by atoms with Crippen molar-refractivity contribution in [3.63, 3.8) is 0 Å². The number of carbonyl (C=O) groups excluding carboxylic acids is 4. The lowest BCUT2D eigenvalue weighted by atomic mass is 10.0. The Bertz CT molecular complexity index is 872. The molecule has 0 radical (unpaired) electrons. The molecule has 0 aliphatic carbocycles. The number of benzene rings is 1. The zero-order valence-corrected chi connectivity index (χ0v) is 18.7. The number of aliphatic carboxylic acids is 1. The number of hydrogen-bond donors (Lipinski definition) is 7. The van der Waals surface area contributed by atoms with Gasteiger partial charge in [-0.25, -0.2) is 4.79 Å². The summed E-state index contributed by atoms with van der Waals surface area (Å²) in [5, 5.41) is 25.5. The molecule has 0 saturated carbocycles. The van der Waals surface area contributed by atoms with Gasteiger partial charge < -0.3 is 37.6 Å². The number of phenols is 1. The highest BCUT2D eigenvalue weighted by molar-refractivity contribution is 5.96. The van der Waals surface area contributed by atoms with Crippen LogP contribution in [0.25, 0.3) is 0 Å². The number of nitrogens with one attached hydrogen (secondary N) is 3. The van der Waals surface area contributed by atoms with Gasteiger partial charge in [0.05, 0.1) is 12.5 Å². The van der Waals surface area contributed by atoms with Gasteiger partial charge in [-0.3, -0.25) is 19.2 Å². The number of carboxylic acid groups (broad SMARTS) is 1. The molecule has 182 valence electrons. The van der Waals surface area contributed by atoms with Gasteiger partial charge in [-0.15, -0.1) is 0 Å². The fourth-order valence-electron chi connectivity index (χ4n) is 2.84. The molecule has 4 atom stereocenters. The molecule has 0 aliphatic heterocycles. The summed E-state index contributed by atoms with van der Waals surface area (Å²) in [7, 11) is 0. The topological polar surface area (TPSA) is 214 Å². The lowest BCUT2D eigenvalue weighted by molar-refractivity contribution is -0.143. The first-order valence-corrected chi connectivity index (χ1v) is 10.3. The fourth-order valence-corrected chi connectivity index (χ4v) is 2.84. The van der Waals surface area contributed by atoms with E-state index in [0.717, 1.165) is 0 Å². The van der Waals surface area contributed by atoms with Gasteiger partial charge in [0.25, 0.3) is 0 Å². The standard InChI is InChI=1S/C21H31N5O7/c1-10(2)17(21(32)33)26-20(31)15(9-16(23)28)25-18(29)11(3)24-19(30)14(22)8-12-4-6-13(27)7-5-12/h4-7,10-11,14-15,17,27H,8-9,22H2,1-3H3,(H2,23,28)(H,24,30)(H,25,29)(H,26,31)(H,32,33). The van der Waals surface area contributed by atoms with Gasteiger partial charge in [-0.2, -0.15) is 0 Å². The van der Waals surface area contributed by atoms with Crippen LogP contribution in [-0.2, 0) is 30.4 Å². The Morgan fingerprint density at radius 2 is 1.48 bits per heavy atom. The average molecular weight is 466 g/mol. The van der Waals surface area contributed by atoms with Gasteiger partial charge in [0.1, 0.15) is 23.9 Å². The minimum Gasteiger partial charge on any atom is -0.508 e. The minimum absolute atomic E-state index is 0.0692. The first-order valence-electron chi connectivity index (χ1n) is 10.3. The van der Waals surface area contributed by atoms with Crippen LogP contribution in [0.4, 0.5) is 0 Å². The molecule has 9 N–H and O–H groups in total. The van der Waals surface area contributed by atoms with E-state index in [0.29, 0.717) is 5.56 Å². The van der Waals surface area contributed by atoms with E-state index in [-0.39, 0.29) is 12.2 Å². The van der Waals surface area contributed by atoms with Crippen LogP contribution in [-0.4, -0.2) is 64.0 Å². The second kappa shape index (κ2) is 12.4. The van der Waals surface area contributed by atoms with Crippen molar-refractivity contribution in [2.45, 2.75) is 57.8 Å². The molecule has 0 spiro atoms. The number of carbonyl (C=O) groups is 5. The molecular formula is C21H31N5O7. The summed E-state index contributed by atoms with van der Waals surface area (Å²) < 4.78 is 0. The number of nitrogens with two attached hydrogens (primary N) is 2. The van der Waals surface area contributed by atoms with E-state index in [1.807, 2.05) is 0 Å². The summed E-state index contributed by atoms with van der Waals surface area (Å²) >= 11 is 0. The van der Waals surface area contributed by atoms with Gasteiger partial charge in [0.2, 0.25) is 23.6 Å². The van der Waals surface area contributed by atoms with E-state index in [9.17, 15) is 34.2 Å². The summed E-state index contributed by atoms with van der Waals surface area (Å²) in [5.41, 5.74) is 11.7. The maximum atomic E-state index is 12.5. The number of hydrogen-bond acceptors (Lipinski definition) is 7. The predicted molar refractivity (Wildman–Crippen MR) is 118 cm³/mol. The van der Waals surface area contributed by atoms with Crippen LogP contribution in [0, 0.1) is 5.92 Å². The van der Waals surface area contributed by atoms with Gasteiger partial charge >= 0.3 is 5.97 Å². The highest BCUT2D eigenvalue weighted by atomic mass is 16.4. The van der Waals surface area contributed by atoms with E-state index in [1.54, 1.807) is 26.0 Å². The molecule has 0 fully saturated rings. The number of carboxylic acids is 1. The predicted octanol–water partition coefficient (Wildman–Crippen LogP) is -1.65. The average Bonchev–Trinajstić information content (AvgIpc) is 2.71. The number of primary amides is 1. The molecular weight excluding hydrogens is 434 g/mol. The molecule has 0 saturated heterocycles. The smallest absolute Gasteiger partial charge is 0.326 e. The van der Waals surface area contributed by atoms with Crippen LogP contribution in [0.3, 0.4) is 0 Å². The van der Waals surface area contributed by atoms with Crippen molar-refractivity contribution in [3.05, 3.63) is 29.8 Å².